The molecule has 0 heterocycles. The van der Waals surface area contributed by atoms with Crippen LogP contribution in [0.5, 0.6) is 0 Å². The summed E-state index contributed by atoms with van der Waals surface area (Å²) < 4.78 is 0. The van der Waals surface area contributed by atoms with Gasteiger partial charge in [-0.05, 0) is 23.8 Å². The van der Waals surface area contributed by atoms with E-state index in [0.29, 0.717) is 16.6 Å². The Kier molecular flexibility index (Phi) is 4.43. The zero-order chi connectivity index (χ0) is 11.4. The number of halogens is 2. The fourth-order valence-corrected chi connectivity index (χ4v) is 1.68. The first-order valence-electron chi connectivity index (χ1n) is 4.71. The van der Waals surface area contributed by atoms with E-state index in [0.717, 1.165) is 5.56 Å². The van der Waals surface area contributed by atoms with Crippen molar-refractivity contribution < 1.29 is 4.79 Å². The molecule has 0 saturated carbocycles. The summed E-state index contributed by atoms with van der Waals surface area (Å²) in [5, 5.41) is 3.96. The second kappa shape index (κ2) is 5.38. The maximum Gasteiger partial charge on any atom is 0.222 e. The smallest absolute Gasteiger partial charge is 0.222 e. The number of rotatable bonds is 3. The molecule has 1 N–H and O–H groups in total. The monoisotopic (exact) mass is 245 g/mol. The number of nitrogens with one attached hydrogen (secondary N) is 1. The van der Waals surface area contributed by atoms with E-state index in [-0.39, 0.29) is 11.8 Å². The number of hydrogen-bond acceptors (Lipinski definition) is 1. The predicted molar refractivity (Wildman–Crippen MR) is 63.1 cm³/mol. The molecular formula is C11H13Cl2NO. The van der Waals surface area contributed by atoms with Crippen LogP contribution in [0.25, 0.3) is 0 Å². The third kappa shape index (κ3) is 4.10. The van der Waals surface area contributed by atoms with E-state index in [1.807, 2.05) is 13.8 Å². The van der Waals surface area contributed by atoms with Gasteiger partial charge in [-0.25, -0.2) is 0 Å². The van der Waals surface area contributed by atoms with Gasteiger partial charge in [-0.15, -0.1) is 0 Å². The maximum atomic E-state index is 11.3. The second-order valence-electron chi connectivity index (χ2n) is 3.65. The first kappa shape index (κ1) is 12.3. The first-order chi connectivity index (χ1) is 6.99. The van der Waals surface area contributed by atoms with Gasteiger partial charge in [0.05, 0.1) is 0 Å². The number of benzene rings is 1. The highest BCUT2D eigenvalue weighted by Crippen LogP contribution is 2.18. The fraction of sp³-hybridized carbons (Fsp3) is 0.364. The average molecular weight is 246 g/mol. The zero-order valence-electron chi connectivity index (χ0n) is 8.68. The summed E-state index contributed by atoms with van der Waals surface area (Å²) >= 11 is 11.7. The van der Waals surface area contributed by atoms with Gasteiger partial charge in [0.25, 0.3) is 0 Å². The van der Waals surface area contributed by atoms with Crippen molar-refractivity contribution in [1.29, 1.82) is 0 Å². The molecule has 82 valence electrons. The quantitative estimate of drug-likeness (QED) is 0.871. The zero-order valence-corrected chi connectivity index (χ0v) is 10.2. The van der Waals surface area contributed by atoms with Crippen molar-refractivity contribution in [2.75, 3.05) is 0 Å². The van der Waals surface area contributed by atoms with Crippen molar-refractivity contribution in [3.05, 3.63) is 33.8 Å². The Morgan fingerprint density at radius 3 is 2.27 bits per heavy atom. The molecule has 0 fully saturated rings. The maximum absolute atomic E-state index is 11.3. The molecule has 0 spiro atoms. The highest BCUT2D eigenvalue weighted by Gasteiger charge is 2.06. The summed E-state index contributed by atoms with van der Waals surface area (Å²) in [4.78, 5) is 11.3. The molecule has 0 saturated heterocycles. The second-order valence-corrected chi connectivity index (χ2v) is 4.52. The van der Waals surface area contributed by atoms with Gasteiger partial charge in [0.1, 0.15) is 0 Å². The third-order valence-electron chi connectivity index (χ3n) is 1.91. The van der Waals surface area contributed by atoms with Crippen molar-refractivity contribution in [3.8, 4) is 0 Å². The van der Waals surface area contributed by atoms with Gasteiger partial charge in [-0.3, -0.25) is 4.79 Å². The summed E-state index contributed by atoms with van der Waals surface area (Å²) in [7, 11) is 0. The van der Waals surface area contributed by atoms with Gasteiger partial charge in [0.2, 0.25) is 5.91 Å². The summed E-state index contributed by atoms with van der Waals surface area (Å²) in [5.41, 5.74) is 0.904. The van der Waals surface area contributed by atoms with E-state index in [4.69, 9.17) is 23.2 Å². The summed E-state index contributed by atoms with van der Waals surface area (Å²) in [6.45, 7) is 4.15. The van der Waals surface area contributed by atoms with Crippen LogP contribution >= 0.6 is 23.2 Å². The van der Waals surface area contributed by atoms with Gasteiger partial charge in [0, 0.05) is 22.5 Å². The molecule has 1 aromatic carbocycles. The van der Waals surface area contributed by atoms with Gasteiger partial charge >= 0.3 is 0 Å². The van der Waals surface area contributed by atoms with Gasteiger partial charge < -0.3 is 5.32 Å². The van der Waals surface area contributed by atoms with E-state index in [9.17, 15) is 4.79 Å². The Balaban J connectivity index is 2.61. The highest BCUT2D eigenvalue weighted by atomic mass is 35.5. The van der Waals surface area contributed by atoms with Crippen LogP contribution < -0.4 is 5.32 Å². The molecule has 1 amide bonds. The third-order valence-corrected chi connectivity index (χ3v) is 2.35. The van der Waals surface area contributed by atoms with E-state index in [1.54, 1.807) is 18.2 Å². The number of amides is 1. The lowest BCUT2D eigenvalue weighted by Gasteiger charge is -2.08. The van der Waals surface area contributed by atoms with Crippen LogP contribution in [0.1, 0.15) is 19.4 Å². The largest absolute Gasteiger partial charge is 0.352 e. The topological polar surface area (TPSA) is 29.1 Å². The molecule has 0 bridgehead atoms. The van der Waals surface area contributed by atoms with Gasteiger partial charge in [0.15, 0.2) is 0 Å². The molecule has 0 atom stereocenters. The van der Waals surface area contributed by atoms with Crippen molar-refractivity contribution in [3.63, 3.8) is 0 Å². The minimum absolute atomic E-state index is 0.0142. The Morgan fingerprint density at radius 1 is 1.27 bits per heavy atom. The van der Waals surface area contributed by atoms with Crippen LogP contribution in [-0.4, -0.2) is 5.91 Å². The Labute approximate surface area is 99.6 Å². The highest BCUT2D eigenvalue weighted by molar-refractivity contribution is 6.34. The Morgan fingerprint density at radius 2 is 1.80 bits per heavy atom. The lowest BCUT2D eigenvalue weighted by atomic mass is 10.2. The van der Waals surface area contributed by atoms with Gasteiger partial charge in [-0.1, -0.05) is 37.0 Å². The molecule has 0 radical (unpaired) electrons. The van der Waals surface area contributed by atoms with Crippen LogP contribution in [0.4, 0.5) is 0 Å². The lowest BCUT2D eigenvalue weighted by molar-refractivity contribution is -0.124. The number of carbonyl (C=O) groups excluding carboxylic acids is 1. The van der Waals surface area contributed by atoms with Crippen LogP contribution in [-0.2, 0) is 11.3 Å². The summed E-state index contributed by atoms with van der Waals surface area (Å²) in [6.07, 6.45) is 0. The molecule has 0 aliphatic carbocycles. The molecule has 15 heavy (non-hydrogen) atoms. The standard InChI is InChI=1S/C11H13Cl2NO/c1-7(2)11(15)14-6-8-3-9(12)5-10(13)4-8/h3-5,7H,6H2,1-2H3,(H,14,15). The van der Waals surface area contributed by atoms with Crippen molar-refractivity contribution in [2.24, 2.45) is 5.92 Å². The summed E-state index contributed by atoms with van der Waals surface area (Å²) in [5.74, 6) is 0.00533. The molecule has 0 aliphatic heterocycles. The predicted octanol–water partition coefficient (Wildman–Crippen LogP) is 3.27. The average Bonchev–Trinajstić information content (AvgIpc) is 2.12. The minimum atomic E-state index is -0.0142. The van der Waals surface area contributed by atoms with Crippen LogP contribution in [0, 0.1) is 5.92 Å². The van der Waals surface area contributed by atoms with Crippen molar-refractivity contribution >= 4 is 29.1 Å². The molecule has 0 aliphatic rings. The molecule has 0 aromatic heterocycles. The lowest BCUT2D eigenvalue weighted by Crippen LogP contribution is -2.27. The minimum Gasteiger partial charge on any atom is -0.352 e. The SMILES string of the molecule is CC(C)C(=O)NCc1cc(Cl)cc(Cl)c1. The summed E-state index contributed by atoms with van der Waals surface area (Å²) in [6, 6.07) is 5.24. The molecule has 1 aromatic rings. The van der Waals surface area contributed by atoms with Crippen LogP contribution in [0.15, 0.2) is 18.2 Å². The van der Waals surface area contributed by atoms with Crippen LogP contribution in [0.3, 0.4) is 0 Å². The Bertz CT molecular complexity index is 343. The van der Waals surface area contributed by atoms with E-state index >= 15 is 0 Å². The Hall–Kier alpha value is -0.730. The van der Waals surface area contributed by atoms with Gasteiger partial charge in [-0.2, -0.15) is 0 Å². The van der Waals surface area contributed by atoms with Crippen molar-refractivity contribution in [2.45, 2.75) is 20.4 Å². The first-order valence-corrected chi connectivity index (χ1v) is 5.47. The molecule has 2 nitrogen and oxygen atoms in total. The number of carbonyl (C=O) groups is 1. The van der Waals surface area contributed by atoms with E-state index < -0.39 is 0 Å². The normalized spacial score (nSPS) is 10.5. The molecule has 0 unspecified atom stereocenters. The molecular weight excluding hydrogens is 233 g/mol. The van der Waals surface area contributed by atoms with E-state index in [2.05, 4.69) is 5.32 Å². The van der Waals surface area contributed by atoms with Crippen molar-refractivity contribution in [1.82, 2.24) is 5.32 Å². The van der Waals surface area contributed by atoms with E-state index in [1.165, 1.54) is 0 Å². The van der Waals surface area contributed by atoms with Crippen LogP contribution in [0.2, 0.25) is 10.0 Å². The molecule has 4 heteroatoms. The number of hydrogen-bond donors (Lipinski definition) is 1. The molecule has 1 rings (SSSR count). The fourth-order valence-electron chi connectivity index (χ4n) is 1.11.